The summed E-state index contributed by atoms with van der Waals surface area (Å²) in [5.74, 6) is 0. The third kappa shape index (κ3) is 8.82. The molecule has 2 heteroatoms. The molecule has 0 fully saturated rings. The largest absolute Gasteiger partial charge is 0.296 e. The Morgan fingerprint density at radius 3 is 2.27 bits per heavy atom. The lowest BCUT2D eigenvalue weighted by Crippen LogP contribution is -1.77. The van der Waals surface area contributed by atoms with Crippen LogP contribution in [-0.2, 0) is 4.79 Å². The third-order valence-corrected chi connectivity index (χ3v) is 0.688. The fraction of sp³-hybridized carbons (Fsp3) is 0.333. The Kier molecular flexibility index (Phi) is 13.2. The van der Waals surface area contributed by atoms with Crippen molar-refractivity contribution >= 4 is 12.5 Å². The van der Waals surface area contributed by atoms with Crippen molar-refractivity contribution in [2.24, 2.45) is 4.99 Å². The molecule has 0 saturated heterocycles. The van der Waals surface area contributed by atoms with Crippen molar-refractivity contribution in [1.29, 1.82) is 0 Å². The van der Waals surface area contributed by atoms with Gasteiger partial charge in [-0.05, 0) is 13.0 Å². The second kappa shape index (κ2) is 11.6. The molecule has 0 aliphatic rings. The maximum Gasteiger partial charge on any atom is 0.168 e. The van der Waals surface area contributed by atoms with Crippen LogP contribution in [0.25, 0.3) is 0 Å². The summed E-state index contributed by atoms with van der Waals surface area (Å²) >= 11 is 0. The first-order chi connectivity index (χ1) is 5.35. The molecule has 0 heterocycles. The van der Waals surface area contributed by atoms with E-state index in [0.29, 0.717) is 12.0 Å². The number of hydrogen-bond acceptors (Lipinski definition) is 2. The van der Waals surface area contributed by atoms with Crippen LogP contribution in [0.3, 0.4) is 0 Å². The Labute approximate surface area is 68.3 Å². The molecule has 0 rings (SSSR count). The molecule has 0 spiro atoms. The van der Waals surface area contributed by atoms with Crippen molar-refractivity contribution in [3.05, 3.63) is 24.4 Å². The van der Waals surface area contributed by atoms with Crippen LogP contribution >= 0.6 is 0 Å². The molecule has 0 aromatic rings. The van der Waals surface area contributed by atoms with Gasteiger partial charge in [-0.25, -0.2) is 0 Å². The van der Waals surface area contributed by atoms with E-state index in [1.807, 2.05) is 13.8 Å². The number of aliphatic imine (C=N–C) groups is 1. The first-order valence-corrected chi connectivity index (χ1v) is 3.61. The monoisotopic (exact) mass is 153 g/mol. The predicted molar refractivity (Wildman–Crippen MR) is 49.9 cm³/mol. The Hall–Kier alpha value is -1.18. The van der Waals surface area contributed by atoms with Crippen LogP contribution < -0.4 is 0 Å². The van der Waals surface area contributed by atoms with Gasteiger partial charge >= 0.3 is 0 Å². The molecule has 0 N–H and O–H groups in total. The van der Waals surface area contributed by atoms with Gasteiger partial charge in [0.05, 0.1) is 0 Å². The first kappa shape index (κ1) is 12.5. The molecule has 0 aliphatic carbocycles. The average Bonchev–Trinajstić information content (AvgIpc) is 2.08. The van der Waals surface area contributed by atoms with E-state index in [-0.39, 0.29) is 0 Å². The minimum Gasteiger partial charge on any atom is -0.296 e. The molecule has 2 nitrogen and oxygen atoms in total. The van der Waals surface area contributed by atoms with Crippen LogP contribution in [0.4, 0.5) is 0 Å². The molecule has 0 aromatic heterocycles. The van der Waals surface area contributed by atoms with Crippen LogP contribution in [0.1, 0.15) is 20.8 Å². The average molecular weight is 153 g/mol. The Morgan fingerprint density at radius 1 is 1.45 bits per heavy atom. The van der Waals surface area contributed by atoms with Crippen molar-refractivity contribution in [2.45, 2.75) is 20.8 Å². The second-order valence-corrected chi connectivity index (χ2v) is 1.33. The molecule has 62 valence electrons. The van der Waals surface area contributed by atoms with Crippen molar-refractivity contribution in [2.75, 3.05) is 0 Å². The van der Waals surface area contributed by atoms with Gasteiger partial charge in [-0.1, -0.05) is 26.5 Å². The lowest BCUT2D eigenvalue weighted by molar-refractivity contribution is -0.104. The normalized spacial score (nSPS) is 10.3. The molecule has 11 heavy (non-hydrogen) atoms. The van der Waals surface area contributed by atoms with Crippen LogP contribution in [0.2, 0.25) is 0 Å². The van der Waals surface area contributed by atoms with Crippen LogP contribution in [0, 0.1) is 0 Å². The highest BCUT2D eigenvalue weighted by Gasteiger charge is 1.82. The Bertz CT molecular complexity index is 157. The highest BCUT2D eigenvalue weighted by atomic mass is 16.1. The zero-order valence-corrected chi connectivity index (χ0v) is 7.37. The first-order valence-electron chi connectivity index (χ1n) is 3.61. The Balaban J connectivity index is 0. The third-order valence-electron chi connectivity index (χ3n) is 0.688. The standard InChI is InChI=1S/C7H9NO.C2H6/c1-3-5-7(6-9)8-4-2;1-2/h3-6H,1H2,2H3;1-2H3/b7-5-,8-4?;. The highest BCUT2D eigenvalue weighted by molar-refractivity contribution is 5.76. The molecule has 0 atom stereocenters. The number of carbonyl (C=O) groups excluding carboxylic acids is 1. The van der Waals surface area contributed by atoms with Crippen LogP contribution in [0.5, 0.6) is 0 Å². The highest BCUT2D eigenvalue weighted by Crippen LogP contribution is 1.89. The number of aldehydes is 1. The fourth-order valence-corrected chi connectivity index (χ4v) is 0.383. The maximum absolute atomic E-state index is 10.1. The van der Waals surface area contributed by atoms with Gasteiger partial charge in [0.25, 0.3) is 0 Å². The van der Waals surface area contributed by atoms with E-state index >= 15 is 0 Å². The summed E-state index contributed by atoms with van der Waals surface area (Å²) in [6.45, 7) is 9.17. The van der Waals surface area contributed by atoms with Gasteiger partial charge in [0, 0.05) is 6.21 Å². The summed E-state index contributed by atoms with van der Waals surface area (Å²) in [5, 5.41) is 0. The fourth-order valence-electron chi connectivity index (χ4n) is 0.383. The number of rotatable bonds is 3. The molecule has 0 aliphatic heterocycles. The molecule has 0 aromatic carbocycles. The van der Waals surface area contributed by atoms with E-state index in [1.54, 1.807) is 19.2 Å². The van der Waals surface area contributed by atoms with E-state index in [0.717, 1.165) is 0 Å². The van der Waals surface area contributed by atoms with Gasteiger partial charge in [-0.2, -0.15) is 0 Å². The van der Waals surface area contributed by atoms with Gasteiger partial charge in [0.1, 0.15) is 5.70 Å². The molecular formula is C9H15NO. The van der Waals surface area contributed by atoms with Crippen LogP contribution in [0.15, 0.2) is 29.4 Å². The van der Waals surface area contributed by atoms with E-state index < -0.39 is 0 Å². The summed E-state index contributed by atoms with van der Waals surface area (Å²) in [6.07, 6.45) is 5.31. The minimum atomic E-state index is 0.396. The number of nitrogens with zero attached hydrogens (tertiary/aromatic N) is 1. The van der Waals surface area contributed by atoms with Gasteiger partial charge in [-0.3, -0.25) is 9.79 Å². The molecule has 0 bridgehead atoms. The van der Waals surface area contributed by atoms with Crippen molar-refractivity contribution in [3.63, 3.8) is 0 Å². The molecule has 0 radical (unpaired) electrons. The summed E-state index contributed by atoms with van der Waals surface area (Å²) < 4.78 is 0. The zero-order chi connectivity index (χ0) is 9.11. The second-order valence-electron chi connectivity index (χ2n) is 1.33. The lowest BCUT2D eigenvalue weighted by atomic mass is 10.4. The maximum atomic E-state index is 10.1. The number of hydrogen-bond donors (Lipinski definition) is 0. The zero-order valence-electron chi connectivity index (χ0n) is 7.37. The summed E-state index contributed by atoms with van der Waals surface area (Å²) in [6, 6.07) is 0. The van der Waals surface area contributed by atoms with Crippen molar-refractivity contribution in [3.8, 4) is 0 Å². The predicted octanol–water partition coefficient (Wildman–Crippen LogP) is 2.37. The molecule has 0 unspecified atom stereocenters. The molecular weight excluding hydrogens is 138 g/mol. The number of carbonyl (C=O) groups is 1. The quantitative estimate of drug-likeness (QED) is 0.265. The summed E-state index contributed by atoms with van der Waals surface area (Å²) in [7, 11) is 0. The van der Waals surface area contributed by atoms with Crippen molar-refractivity contribution < 1.29 is 4.79 Å². The van der Waals surface area contributed by atoms with Gasteiger partial charge in [0.15, 0.2) is 6.29 Å². The SMILES string of the molecule is C=C/C=C(/C=O)N=CC.CC. The minimum absolute atomic E-state index is 0.396. The van der Waals surface area contributed by atoms with Gasteiger partial charge in [-0.15, -0.1) is 0 Å². The summed E-state index contributed by atoms with van der Waals surface area (Å²) in [4.78, 5) is 13.8. The van der Waals surface area contributed by atoms with Gasteiger partial charge in [0.2, 0.25) is 0 Å². The Morgan fingerprint density at radius 2 is 2.00 bits per heavy atom. The van der Waals surface area contributed by atoms with Crippen LogP contribution in [-0.4, -0.2) is 12.5 Å². The number of allylic oxidation sites excluding steroid dienone is 3. The van der Waals surface area contributed by atoms with E-state index in [2.05, 4.69) is 11.6 Å². The smallest absolute Gasteiger partial charge is 0.168 e. The molecule has 0 saturated carbocycles. The lowest BCUT2D eigenvalue weighted by Gasteiger charge is -1.82. The van der Waals surface area contributed by atoms with E-state index in [4.69, 9.17) is 0 Å². The van der Waals surface area contributed by atoms with E-state index in [1.165, 1.54) is 6.08 Å². The van der Waals surface area contributed by atoms with E-state index in [9.17, 15) is 4.79 Å². The summed E-state index contributed by atoms with van der Waals surface area (Å²) in [5.41, 5.74) is 0.396. The topological polar surface area (TPSA) is 29.4 Å². The van der Waals surface area contributed by atoms with Gasteiger partial charge < -0.3 is 0 Å². The molecule has 0 amide bonds. The van der Waals surface area contributed by atoms with Crippen molar-refractivity contribution in [1.82, 2.24) is 0 Å².